The number of carbonyl (C=O) groups excluding carboxylic acids is 1. The average Bonchev–Trinajstić information content (AvgIpc) is 3.47. The van der Waals surface area contributed by atoms with Crippen LogP contribution >= 0.6 is 22.7 Å². The van der Waals surface area contributed by atoms with Crippen LogP contribution < -0.4 is 4.90 Å². The van der Waals surface area contributed by atoms with Gasteiger partial charge < -0.3 is 9.80 Å². The molecule has 2 saturated heterocycles. The first-order valence-electron chi connectivity index (χ1n) is 10.3. The maximum atomic E-state index is 12.9. The van der Waals surface area contributed by atoms with E-state index in [1.807, 2.05) is 22.7 Å². The zero-order valence-electron chi connectivity index (χ0n) is 16.0. The molecule has 0 bridgehead atoms. The van der Waals surface area contributed by atoms with Crippen molar-refractivity contribution in [1.82, 2.24) is 9.88 Å². The molecule has 0 saturated carbocycles. The zero-order chi connectivity index (χ0) is 18.9. The minimum absolute atomic E-state index is 0.334. The van der Waals surface area contributed by atoms with Crippen molar-refractivity contribution < 1.29 is 9.69 Å². The SMILES string of the molecule is O=C(C[NH+]1CCC[C@@H]1c1cccs1)N1CCC(c2nc3ccccc3s2)CC1. The number of para-hydroxylation sites is 1. The largest absolute Gasteiger partial charge is 0.338 e. The Kier molecular flexibility index (Phi) is 5.18. The van der Waals surface area contributed by atoms with Crippen LogP contribution in [-0.2, 0) is 4.79 Å². The second kappa shape index (κ2) is 7.93. The van der Waals surface area contributed by atoms with E-state index in [0.717, 1.165) is 38.0 Å². The number of thiophene rings is 1. The predicted octanol–water partition coefficient (Wildman–Crippen LogP) is 3.48. The average molecular weight is 413 g/mol. The second-order valence-corrected chi connectivity index (χ2v) is 10.0. The molecule has 4 heterocycles. The number of benzene rings is 1. The maximum absolute atomic E-state index is 12.9. The van der Waals surface area contributed by atoms with Crippen molar-refractivity contribution in [3.8, 4) is 0 Å². The molecule has 28 heavy (non-hydrogen) atoms. The third-order valence-corrected chi connectivity index (χ3v) is 8.44. The second-order valence-electron chi connectivity index (χ2n) is 7.97. The molecular formula is C22H26N3OS2+. The van der Waals surface area contributed by atoms with Crippen molar-refractivity contribution in [2.45, 2.75) is 37.6 Å². The molecule has 2 aliphatic heterocycles. The Hall–Kier alpha value is -1.76. The first-order valence-corrected chi connectivity index (χ1v) is 12.0. The third-order valence-electron chi connectivity index (χ3n) is 6.26. The lowest BCUT2D eigenvalue weighted by Gasteiger charge is -2.32. The van der Waals surface area contributed by atoms with Crippen molar-refractivity contribution in [3.05, 3.63) is 51.7 Å². The quantitative estimate of drug-likeness (QED) is 0.712. The monoisotopic (exact) mass is 412 g/mol. The Morgan fingerprint density at radius 1 is 1.14 bits per heavy atom. The summed E-state index contributed by atoms with van der Waals surface area (Å²) in [5.74, 6) is 0.834. The van der Waals surface area contributed by atoms with E-state index in [1.165, 1.54) is 32.3 Å². The number of rotatable bonds is 4. The highest BCUT2D eigenvalue weighted by Gasteiger charge is 2.34. The maximum Gasteiger partial charge on any atom is 0.277 e. The van der Waals surface area contributed by atoms with Crippen molar-refractivity contribution >= 4 is 38.8 Å². The number of hydrogen-bond donors (Lipinski definition) is 1. The summed E-state index contributed by atoms with van der Waals surface area (Å²) in [6.45, 7) is 3.51. The standard InChI is InChI=1S/C22H25N3OS2/c26-21(15-25-11-3-6-18(25)20-8-4-14-27-20)24-12-9-16(10-13-24)22-23-17-5-1-2-7-19(17)28-22/h1-2,4-5,7-8,14,16,18H,3,6,9-13,15H2/p+1/t18-/m1/s1. The van der Waals surface area contributed by atoms with E-state index in [9.17, 15) is 4.79 Å². The van der Waals surface area contributed by atoms with Gasteiger partial charge >= 0.3 is 0 Å². The molecule has 2 aliphatic rings. The van der Waals surface area contributed by atoms with Crippen molar-refractivity contribution in [3.63, 3.8) is 0 Å². The minimum atomic E-state index is 0.334. The summed E-state index contributed by atoms with van der Waals surface area (Å²) in [5.41, 5.74) is 1.11. The van der Waals surface area contributed by atoms with Crippen LogP contribution in [0.4, 0.5) is 0 Å². The number of aromatic nitrogens is 1. The highest BCUT2D eigenvalue weighted by atomic mass is 32.1. The molecule has 1 aromatic carbocycles. The van der Waals surface area contributed by atoms with E-state index in [-0.39, 0.29) is 0 Å². The molecule has 3 aromatic rings. The van der Waals surface area contributed by atoms with Gasteiger partial charge in [-0.2, -0.15) is 0 Å². The Morgan fingerprint density at radius 3 is 2.79 bits per heavy atom. The number of hydrogen-bond acceptors (Lipinski definition) is 4. The molecule has 1 unspecified atom stereocenters. The van der Waals surface area contributed by atoms with Crippen LogP contribution in [0.5, 0.6) is 0 Å². The highest BCUT2D eigenvalue weighted by molar-refractivity contribution is 7.18. The Bertz CT molecular complexity index is 911. The van der Waals surface area contributed by atoms with Gasteiger partial charge in [-0.15, -0.1) is 22.7 Å². The number of likely N-dealkylation sites (tertiary alicyclic amines) is 2. The summed E-state index contributed by atoms with van der Waals surface area (Å²) < 4.78 is 1.27. The molecule has 0 aliphatic carbocycles. The van der Waals surface area contributed by atoms with Crippen molar-refractivity contribution in [2.75, 3.05) is 26.2 Å². The van der Waals surface area contributed by atoms with Crippen LogP contribution in [0.3, 0.4) is 0 Å². The summed E-state index contributed by atoms with van der Waals surface area (Å²) in [6.07, 6.45) is 4.51. The van der Waals surface area contributed by atoms with Crippen LogP contribution in [0.15, 0.2) is 41.8 Å². The lowest BCUT2D eigenvalue weighted by Crippen LogP contribution is -3.11. The Labute approximate surface area is 173 Å². The summed E-state index contributed by atoms with van der Waals surface area (Å²) in [4.78, 5) is 22.8. The molecule has 0 spiro atoms. The molecule has 2 atom stereocenters. The predicted molar refractivity (Wildman–Crippen MR) is 115 cm³/mol. The topological polar surface area (TPSA) is 37.6 Å². The number of fused-ring (bicyclic) bond motifs is 1. The fourth-order valence-electron chi connectivity index (χ4n) is 4.70. The number of piperidine rings is 1. The van der Waals surface area contributed by atoms with Crippen LogP contribution in [-0.4, -0.2) is 42.0 Å². The van der Waals surface area contributed by atoms with Crippen molar-refractivity contribution in [2.24, 2.45) is 0 Å². The molecular weight excluding hydrogens is 386 g/mol. The molecule has 1 N–H and O–H groups in total. The first kappa shape index (κ1) is 18.3. The Balaban J connectivity index is 1.19. The van der Waals surface area contributed by atoms with Crippen molar-refractivity contribution in [1.29, 1.82) is 0 Å². The highest BCUT2D eigenvalue weighted by Crippen LogP contribution is 2.33. The van der Waals surface area contributed by atoms with Gasteiger partial charge in [0, 0.05) is 31.8 Å². The summed E-state index contributed by atoms with van der Waals surface area (Å²) in [5, 5.41) is 3.40. The third kappa shape index (κ3) is 3.61. The fourth-order valence-corrected chi connectivity index (χ4v) is 6.76. The van der Waals surface area contributed by atoms with Gasteiger partial charge in [0.15, 0.2) is 6.54 Å². The number of nitrogens with one attached hydrogen (secondary N) is 1. The van der Waals surface area contributed by atoms with Crippen LogP contribution in [0.1, 0.15) is 47.5 Å². The number of nitrogens with zero attached hydrogens (tertiary/aromatic N) is 2. The smallest absolute Gasteiger partial charge is 0.277 e. The van der Waals surface area contributed by atoms with Gasteiger partial charge in [0.05, 0.1) is 26.6 Å². The van der Waals surface area contributed by atoms with Gasteiger partial charge in [-0.1, -0.05) is 18.2 Å². The molecule has 2 aromatic heterocycles. The van der Waals surface area contributed by atoms with E-state index in [4.69, 9.17) is 4.98 Å². The molecule has 6 heteroatoms. The lowest BCUT2D eigenvalue weighted by molar-refractivity contribution is -0.910. The van der Waals surface area contributed by atoms with E-state index in [0.29, 0.717) is 24.4 Å². The van der Waals surface area contributed by atoms with Gasteiger partial charge in [-0.05, 0) is 36.4 Å². The molecule has 146 valence electrons. The van der Waals surface area contributed by atoms with E-state index >= 15 is 0 Å². The Morgan fingerprint density at radius 2 is 2.00 bits per heavy atom. The van der Waals surface area contributed by atoms with Gasteiger partial charge in [0.2, 0.25) is 0 Å². The van der Waals surface area contributed by atoms with E-state index < -0.39 is 0 Å². The van der Waals surface area contributed by atoms with Crippen LogP contribution in [0.25, 0.3) is 10.2 Å². The summed E-state index contributed by atoms with van der Waals surface area (Å²) >= 11 is 3.66. The van der Waals surface area contributed by atoms with Gasteiger partial charge in [-0.3, -0.25) is 4.79 Å². The van der Waals surface area contributed by atoms with Crippen LogP contribution in [0.2, 0.25) is 0 Å². The fraction of sp³-hybridized carbons (Fsp3) is 0.455. The molecule has 4 nitrogen and oxygen atoms in total. The minimum Gasteiger partial charge on any atom is -0.338 e. The van der Waals surface area contributed by atoms with Gasteiger partial charge in [0.1, 0.15) is 6.04 Å². The summed E-state index contributed by atoms with van der Waals surface area (Å²) in [7, 11) is 0. The van der Waals surface area contributed by atoms with Crippen LogP contribution in [0, 0.1) is 0 Å². The number of carbonyl (C=O) groups is 1. The van der Waals surface area contributed by atoms with Gasteiger partial charge in [-0.25, -0.2) is 4.98 Å². The first-order chi connectivity index (χ1) is 13.8. The molecule has 2 fully saturated rings. The molecule has 5 rings (SSSR count). The normalized spacial score (nSPS) is 23.5. The number of thiazole rings is 1. The lowest BCUT2D eigenvalue weighted by atomic mass is 9.97. The number of quaternary nitrogens is 1. The zero-order valence-corrected chi connectivity index (χ0v) is 17.6. The number of amides is 1. The van der Waals surface area contributed by atoms with E-state index in [1.54, 1.807) is 0 Å². The van der Waals surface area contributed by atoms with E-state index in [2.05, 4.69) is 46.7 Å². The molecule has 0 radical (unpaired) electrons. The summed E-state index contributed by atoms with van der Waals surface area (Å²) in [6, 6.07) is 13.3. The van der Waals surface area contributed by atoms with Gasteiger partial charge in [0.25, 0.3) is 5.91 Å². The molecule has 1 amide bonds.